The fraction of sp³-hybridized carbons (Fsp3) is 0.619. The molecule has 0 saturated carbocycles. The number of hydrogen-bond acceptors (Lipinski definition) is 6. The number of aryl methyl sites for hydroxylation is 1. The van der Waals surface area contributed by atoms with E-state index in [4.69, 9.17) is 9.72 Å². The minimum atomic E-state index is -0.641. The molecule has 7 heteroatoms. The molecule has 1 spiro atoms. The van der Waals surface area contributed by atoms with Crippen molar-refractivity contribution in [2.24, 2.45) is 0 Å². The Kier molecular flexibility index (Phi) is 4.43. The highest BCUT2D eigenvalue weighted by molar-refractivity contribution is 6.01. The molecule has 1 atom stereocenters. The van der Waals surface area contributed by atoms with Crippen molar-refractivity contribution >= 4 is 17.6 Å². The number of aromatic nitrogens is 2. The van der Waals surface area contributed by atoms with Crippen molar-refractivity contribution in [3.05, 3.63) is 29.3 Å². The normalized spacial score (nSPS) is 25.9. The Labute approximate surface area is 165 Å². The van der Waals surface area contributed by atoms with E-state index < -0.39 is 5.60 Å². The van der Waals surface area contributed by atoms with Gasteiger partial charge in [0.1, 0.15) is 5.60 Å². The predicted molar refractivity (Wildman–Crippen MR) is 105 cm³/mol. The van der Waals surface area contributed by atoms with Gasteiger partial charge < -0.3 is 14.5 Å². The molecule has 1 aromatic rings. The highest BCUT2D eigenvalue weighted by atomic mass is 16.5. The number of likely N-dealkylation sites (tertiary alicyclic amines) is 1. The number of hydrogen-bond donors (Lipinski definition) is 0. The third-order valence-electron chi connectivity index (χ3n) is 5.98. The molecule has 1 unspecified atom stereocenters. The summed E-state index contributed by atoms with van der Waals surface area (Å²) in [6.45, 7) is 4.97. The number of amides is 1. The van der Waals surface area contributed by atoms with Gasteiger partial charge in [0.25, 0.3) is 5.91 Å². The lowest BCUT2D eigenvalue weighted by molar-refractivity contribution is -0.140. The Morgan fingerprint density at radius 2 is 2.07 bits per heavy atom. The summed E-state index contributed by atoms with van der Waals surface area (Å²) in [6.07, 6.45) is 7.43. The number of rotatable bonds is 2. The fourth-order valence-electron chi connectivity index (χ4n) is 4.69. The van der Waals surface area contributed by atoms with E-state index >= 15 is 0 Å². The van der Waals surface area contributed by atoms with Crippen LogP contribution in [0.2, 0.25) is 0 Å². The molecule has 1 saturated heterocycles. The number of allylic oxidation sites excluding steroid dienone is 1. The van der Waals surface area contributed by atoms with Crippen LogP contribution in [0.15, 0.2) is 18.0 Å². The maximum absolute atomic E-state index is 13.2. The van der Waals surface area contributed by atoms with Crippen LogP contribution < -0.4 is 4.90 Å². The van der Waals surface area contributed by atoms with E-state index in [9.17, 15) is 9.59 Å². The minimum absolute atomic E-state index is 0.0547. The summed E-state index contributed by atoms with van der Waals surface area (Å²) in [7, 11) is 3.87. The molecule has 3 aliphatic rings. The first-order valence-corrected chi connectivity index (χ1v) is 9.96. The van der Waals surface area contributed by atoms with Gasteiger partial charge in [0, 0.05) is 51.3 Å². The summed E-state index contributed by atoms with van der Waals surface area (Å²) >= 11 is 0. The zero-order valence-corrected chi connectivity index (χ0v) is 17.1. The SMILES string of the molecule is CN(C)c1ncc2c(n1)C1(CCCN(C(=O)C3=CC(=O)CC(C)(C)O3)C1)CC2. The van der Waals surface area contributed by atoms with Crippen molar-refractivity contribution in [1.29, 1.82) is 0 Å². The van der Waals surface area contributed by atoms with Gasteiger partial charge in [-0.1, -0.05) is 0 Å². The molecule has 1 aliphatic carbocycles. The Hall–Kier alpha value is -2.44. The fourth-order valence-corrected chi connectivity index (χ4v) is 4.69. The van der Waals surface area contributed by atoms with E-state index in [1.54, 1.807) is 0 Å². The Balaban J connectivity index is 1.61. The molecule has 1 aromatic heterocycles. The van der Waals surface area contributed by atoms with Gasteiger partial charge in [-0.15, -0.1) is 0 Å². The molecule has 150 valence electrons. The third kappa shape index (κ3) is 3.27. The summed E-state index contributed by atoms with van der Waals surface area (Å²) in [5, 5.41) is 0. The second-order valence-corrected chi connectivity index (χ2v) is 9.06. The van der Waals surface area contributed by atoms with Gasteiger partial charge in [-0.05, 0) is 45.1 Å². The number of fused-ring (bicyclic) bond motifs is 2. The number of anilines is 1. The molecule has 0 bridgehead atoms. The number of ether oxygens (including phenoxy) is 1. The molecule has 2 aliphatic heterocycles. The standard InChI is InChI=1S/C21H28N4O3/c1-20(2)11-15(26)10-16(28-20)18(27)25-9-5-7-21(13-25)8-6-14-12-22-19(24(3)4)23-17(14)21/h10,12H,5-9,11,13H2,1-4H3. The lowest BCUT2D eigenvalue weighted by Gasteiger charge is -2.41. The van der Waals surface area contributed by atoms with Gasteiger partial charge in [0.05, 0.1) is 5.69 Å². The maximum Gasteiger partial charge on any atom is 0.289 e. The minimum Gasteiger partial charge on any atom is -0.481 e. The van der Waals surface area contributed by atoms with Gasteiger partial charge >= 0.3 is 0 Å². The van der Waals surface area contributed by atoms with E-state index in [1.807, 2.05) is 43.9 Å². The Bertz CT molecular complexity index is 857. The summed E-state index contributed by atoms with van der Waals surface area (Å²) in [5.74, 6) is 0.638. The second kappa shape index (κ2) is 6.57. The van der Waals surface area contributed by atoms with Crippen LogP contribution in [0.25, 0.3) is 0 Å². The van der Waals surface area contributed by atoms with Crippen LogP contribution in [0, 0.1) is 0 Å². The number of nitrogens with zero attached hydrogens (tertiary/aromatic N) is 4. The van der Waals surface area contributed by atoms with Crippen molar-refractivity contribution in [1.82, 2.24) is 14.9 Å². The average Bonchev–Trinajstić information content (AvgIpc) is 2.97. The zero-order chi connectivity index (χ0) is 20.1. The summed E-state index contributed by atoms with van der Waals surface area (Å²) < 4.78 is 5.85. The quantitative estimate of drug-likeness (QED) is 0.776. The molecule has 1 amide bonds. The van der Waals surface area contributed by atoms with Gasteiger partial charge in [-0.3, -0.25) is 9.59 Å². The first-order valence-electron chi connectivity index (χ1n) is 9.96. The zero-order valence-electron chi connectivity index (χ0n) is 17.1. The molecular formula is C21H28N4O3. The largest absolute Gasteiger partial charge is 0.481 e. The first kappa shape index (κ1) is 18.9. The van der Waals surface area contributed by atoms with Crippen LogP contribution in [-0.4, -0.2) is 59.3 Å². The van der Waals surface area contributed by atoms with Gasteiger partial charge in [0.2, 0.25) is 5.95 Å². The summed E-state index contributed by atoms with van der Waals surface area (Å²) in [4.78, 5) is 38.2. The Morgan fingerprint density at radius 1 is 1.29 bits per heavy atom. The van der Waals surface area contributed by atoms with Gasteiger partial charge in [-0.2, -0.15) is 0 Å². The second-order valence-electron chi connectivity index (χ2n) is 9.06. The number of piperidine rings is 1. The predicted octanol–water partition coefficient (Wildman–Crippen LogP) is 2.00. The number of carbonyl (C=O) groups is 2. The number of carbonyl (C=O) groups excluding carboxylic acids is 2. The molecule has 0 N–H and O–H groups in total. The van der Waals surface area contributed by atoms with Crippen molar-refractivity contribution in [2.75, 3.05) is 32.1 Å². The van der Waals surface area contributed by atoms with Crippen LogP contribution in [-0.2, 0) is 26.2 Å². The van der Waals surface area contributed by atoms with Crippen LogP contribution in [0.5, 0.6) is 0 Å². The average molecular weight is 384 g/mol. The monoisotopic (exact) mass is 384 g/mol. The van der Waals surface area contributed by atoms with Gasteiger partial charge in [0.15, 0.2) is 11.5 Å². The van der Waals surface area contributed by atoms with Crippen molar-refractivity contribution in [3.8, 4) is 0 Å². The van der Waals surface area contributed by atoms with Crippen LogP contribution in [0.1, 0.15) is 50.8 Å². The highest BCUT2D eigenvalue weighted by Crippen LogP contribution is 2.44. The smallest absolute Gasteiger partial charge is 0.289 e. The van der Waals surface area contributed by atoms with E-state index in [-0.39, 0.29) is 22.9 Å². The number of ketones is 1. The Morgan fingerprint density at radius 3 is 2.79 bits per heavy atom. The van der Waals surface area contributed by atoms with Crippen LogP contribution >= 0.6 is 0 Å². The summed E-state index contributed by atoms with van der Waals surface area (Å²) in [6, 6.07) is 0. The molecule has 1 fully saturated rings. The topological polar surface area (TPSA) is 75.6 Å². The maximum atomic E-state index is 13.2. The molecule has 0 aromatic carbocycles. The van der Waals surface area contributed by atoms with E-state index in [0.717, 1.165) is 31.4 Å². The van der Waals surface area contributed by atoms with Crippen LogP contribution in [0.3, 0.4) is 0 Å². The van der Waals surface area contributed by atoms with Crippen molar-refractivity contribution in [2.45, 2.75) is 57.0 Å². The molecule has 4 rings (SSSR count). The van der Waals surface area contributed by atoms with E-state index in [2.05, 4.69) is 4.98 Å². The lowest BCUT2D eigenvalue weighted by atomic mass is 9.77. The van der Waals surface area contributed by atoms with Crippen LogP contribution in [0.4, 0.5) is 5.95 Å². The third-order valence-corrected chi connectivity index (χ3v) is 5.98. The van der Waals surface area contributed by atoms with E-state index in [1.165, 1.54) is 11.6 Å². The van der Waals surface area contributed by atoms with Gasteiger partial charge in [-0.25, -0.2) is 9.97 Å². The first-order chi connectivity index (χ1) is 13.2. The molecule has 0 radical (unpaired) electrons. The van der Waals surface area contributed by atoms with Crippen molar-refractivity contribution in [3.63, 3.8) is 0 Å². The van der Waals surface area contributed by atoms with Crippen molar-refractivity contribution < 1.29 is 14.3 Å². The van der Waals surface area contributed by atoms with E-state index in [0.29, 0.717) is 25.5 Å². The molecule has 7 nitrogen and oxygen atoms in total. The molecule has 3 heterocycles. The highest BCUT2D eigenvalue weighted by Gasteiger charge is 2.46. The molecular weight excluding hydrogens is 356 g/mol. The summed E-state index contributed by atoms with van der Waals surface area (Å²) in [5.41, 5.74) is 1.49. The molecule has 28 heavy (non-hydrogen) atoms. The lowest BCUT2D eigenvalue weighted by Crippen LogP contribution is -2.49.